The minimum atomic E-state index is 0.0966. The highest BCUT2D eigenvalue weighted by Gasteiger charge is 2.31. The molecule has 0 radical (unpaired) electrons. The van der Waals surface area contributed by atoms with Gasteiger partial charge >= 0.3 is 6.03 Å². The molecule has 0 saturated carbocycles. The third-order valence-corrected chi connectivity index (χ3v) is 3.22. The lowest BCUT2D eigenvalue weighted by Crippen LogP contribution is -2.46. The highest BCUT2D eigenvalue weighted by atomic mass is 16.2. The van der Waals surface area contributed by atoms with Crippen molar-refractivity contribution in [1.29, 1.82) is 0 Å². The van der Waals surface area contributed by atoms with Crippen LogP contribution in [-0.2, 0) is 0 Å². The van der Waals surface area contributed by atoms with Gasteiger partial charge in [0.15, 0.2) is 0 Å². The van der Waals surface area contributed by atoms with Crippen molar-refractivity contribution in [2.75, 3.05) is 13.1 Å². The molecule has 2 rings (SSSR count). The minimum Gasteiger partial charge on any atom is -0.336 e. The zero-order valence-electron chi connectivity index (χ0n) is 9.62. The van der Waals surface area contributed by atoms with E-state index in [1.807, 2.05) is 18.7 Å². The van der Waals surface area contributed by atoms with Crippen molar-refractivity contribution in [2.24, 2.45) is 0 Å². The first-order chi connectivity index (χ1) is 7.15. The summed E-state index contributed by atoms with van der Waals surface area (Å²) in [5.41, 5.74) is 0. The number of amides is 2. The van der Waals surface area contributed by atoms with Crippen LogP contribution in [0.1, 0.15) is 33.1 Å². The lowest BCUT2D eigenvalue weighted by atomic mass is 10.1. The molecule has 2 fully saturated rings. The van der Waals surface area contributed by atoms with E-state index in [9.17, 15) is 4.79 Å². The molecule has 2 amide bonds. The predicted molar refractivity (Wildman–Crippen MR) is 59.8 cm³/mol. The Bertz CT molecular complexity index is 242. The van der Waals surface area contributed by atoms with Crippen molar-refractivity contribution in [1.82, 2.24) is 15.5 Å². The van der Waals surface area contributed by atoms with Crippen LogP contribution in [0.15, 0.2) is 0 Å². The Morgan fingerprint density at radius 3 is 2.80 bits per heavy atom. The first-order valence-corrected chi connectivity index (χ1v) is 5.96. The van der Waals surface area contributed by atoms with Gasteiger partial charge in [-0.2, -0.15) is 0 Å². The maximum Gasteiger partial charge on any atom is 0.317 e. The topological polar surface area (TPSA) is 44.4 Å². The number of rotatable bonds is 1. The van der Waals surface area contributed by atoms with E-state index in [4.69, 9.17) is 0 Å². The zero-order chi connectivity index (χ0) is 10.8. The number of carbonyl (C=O) groups is 1. The van der Waals surface area contributed by atoms with E-state index in [0.717, 1.165) is 19.5 Å². The number of carbonyl (C=O) groups excluding carboxylic acids is 1. The number of fused-ring (bicyclic) bond motifs is 2. The van der Waals surface area contributed by atoms with Gasteiger partial charge in [-0.25, -0.2) is 4.79 Å². The molecule has 2 heterocycles. The molecule has 15 heavy (non-hydrogen) atoms. The average Bonchev–Trinajstić information content (AvgIpc) is 2.44. The van der Waals surface area contributed by atoms with Gasteiger partial charge in [0.1, 0.15) is 0 Å². The maximum absolute atomic E-state index is 11.8. The van der Waals surface area contributed by atoms with Crippen LogP contribution >= 0.6 is 0 Å². The Hall–Kier alpha value is -0.770. The fourth-order valence-corrected chi connectivity index (χ4v) is 2.47. The molecule has 2 bridgehead atoms. The van der Waals surface area contributed by atoms with Crippen LogP contribution in [0.2, 0.25) is 0 Å². The van der Waals surface area contributed by atoms with Crippen molar-refractivity contribution < 1.29 is 4.79 Å². The smallest absolute Gasteiger partial charge is 0.317 e. The van der Waals surface area contributed by atoms with E-state index in [0.29, 0.717) is 12.1 Å². The van der Waals surface area contributed by atoms with E-state index < -0.39 is 0 Å². The molecule has 0 spiro atoms. The lowest BCUT2D eigenvalue weighted by molar-refractivity contribution is 0.192. The third-order valence-electron chi connectivity index (χ3n) is 3.22. The van der Waals surface area contributed by atoms with Crippen LogP contribution in [-0.4, -0.2) is 42.1 Å². The van der Waals surface area contributed by atoms with Crippen molar-refractivity contribution >= 4 is 6.03 Å². The predicted octanol–water partition coefficient (Wildman–Crippen LogP) is 0.931. The van der Waals surface area contributed by atoms with Gasteiger partial charge in [-0.3, -0.25) is 0 Å². The molecule has 2 atom stereocenters. The maximum atomic E-state index is 11.8. The van der Waals surface area contributed by atoms with Crippen molar-refractivity contribution in [3.8, 4) is 0 Å². The molecule has 4 nitrogen and oxygen atoms in total. The highest BCUT2D eigenvalue weighted by Crippen LogP contribution is 2.20. The van der Waals surface area contributed by atoms with E-state index in [1.54, 1.807) is 0 Å². The molecule has 2 aliphatic heterocycles. The molecule has 0 aromatic heterocycles. The molecule has 86 valence electrons. The van der Waals surface area contributed by atoms with Crippen LogP contribution in [0.4, 0.5) is 4.79 Å². The Balaban J connectivity index is 1.90. The second-order valence-corrected chi connectivity index (χ2v) is 4.98. The average molecular weight is 211 g/mol. The van der Waals surface area contributed by atoms with Gasteiger partial charge in [0.05, 0.1) is 0 Å². The number of hydrogen-bond donors (Lipinski definition) is 2. The standard InChI is InChI=1S/C11H21N3O/c1-8(2)12-11(15)14-6-5-9-3-4-10(7-14)13-9/h8-10,13H,3-7H2,1-2H3,(H,12,15). The van der Waals surface area contributed by atoms with E-state index in [1.165, 1.54) is 12.8 Å². The lowest BCUT2D eigenvalue weighted by Gasteiger charge is -2.25. The quantitative estimate of drug-likeness (QED) is 0.677. The Morgan fingerprint density at radius 1 is 1.33 bits per heavy atom. The van der Waals surface area contributed by atoms with E-state index >= 15 is 0 Å². The number of nitrogens with one attached hydrogen (secondary N) is 2. The number of nitrogens with zero attached hydrogens (tertiary/aromatic N) is 1. The first kappa shape index (κ1) is 10.7. The van der Waals surface area contributed by atoms with Crippen LogP contribution in [0.5, 0.6) is 0 Å². The summed E-state index contributed by atoms with van der Waals surface area (Å²) in [6.45, 7) is 5.77. The fourth-order valence-electron chi connectivity index (χ4n) is 2.47. The number of likely N-dealkylation sites (tertiary alicyclic amines) is 1. The zero-order valence-corrected chi connectivity index (χ0v) is 9.62. The van der Waals surface area contributed by atoms with Gasteiger partial charge in [-0.15, -0.1) is 0 Å². The van der Waals surface area contributed by atoms with Crippen LogP contribution in [0.3, 0.4) is 0 Å². The van der Waals surface area contributed by atoms with Crippen LogP contribution in [0.25, 0.3) is 0 Å². The number of urea groups is 1. The molecule has 0 aromatic rings. The molecule has 0 aliphatic carbocycles. The Morgan fingerprint density at radius 2 is 2.07 bits per heavy atom. The summed E-state index contributed by atoms with van der Waals surface area (Å²) in [7, 11) is 0. The molecule has 2 aliphatic rings. The summed E-state index contributed by atoms with van der Waals surface area (Å²) < 4.78 is 0. The van der Waals surface area contributed by atoms with Gasteiger partial charge in [-0.05, 0) is 33.1 Å². The minimum absolute atomic E-state index is 0.0966. The second-order valence-electron chi connectivity index (χ2n) is 4.98. The summed E-state index contributed by atoms with van der Waals surface area (Å²) in [6.07, 6.45) is 3.60. The summed E-state index contributed by atoms with van der Waals surface area (Å²) >= 11 is 0. The largest absolute Gasteiger partial charge is 0.336 e. The van der Waals surface area contributed by atoms with Gasteiger partial charge in [-0.1, -0.05) is 0 Å². The first-order valence-electron chi connectivity index (χ1n) is 5.96. The van der Waals surface area contributed by atoms with Crippen molar-refractivity contribution in [3.05, 3.63) is 0 Å². The summed E-state index contributed by atoms with van der Waals surface area (Å²) in [5.74, 6) is 0. The summed E-state index contributed by atoms with van der Waals surface area (Å²) in [4.78, 5) is 13.8. The molecule has 2 N–H and O–H groups in total. The van der Waals surface area contributed by atoms with Gasteiger partial charge in [0, 0.05) is 31.2 Å². The normalized spacial score (nSPS) is 30.5. The third kappa shape index (κ3) is 2.62. The van der Waals surface area contributed by atoms with Crippen LogP contribution in [0, 0.1) is 0 Å². The van der Waals surface area contributed by atoms with Crippen LogP contribution < -0.4 is 10.6 Å². The fraction of sp³-hybridized carbons (Fsp3) is 0.909. The van der Waals surface area contributed by atoms with E-state index in [2.05, 4.69) is 10.6 Å². The summed E-state index contributed by atoms with van der Waals surface area (Å²) in [6, 6.07) is 1.49. The van der Waals surface area contributed by atoms with Crippen molar-refractivity contribution in [3.63, 3.8) is 0 Å². The van der Waals surface area contributed by atoms with Crippen molar-refractivity contribution in [2.45, 2.75) is 51.2 Å². The second kappa shape index (κ2) is 4.39. The van der Waals surface area contributed by atoms with E-state index in [-0.39, 0.29) is 12.1 Å². The SMILES string of the molecule is CC(C)NC(=O)N1CCC2CCC(C1)N2. The van der Waals surface area contributed by atoms with Gasteiger partial charge in [0.25, 0.3) is 0 Å². The van der Waals surface area contributed by atoms with Gasteiger partial charge in [0.2, 0.25) is 0 Å². The molecule has 2 unspecified atom stereocenters. The molecule has 4 heteroatoms. The Labute approximate surface area is 91.4 Å². The summed E-state index contributed by atoms with van der Waals surface area (Å²) in [5, 5.41) is 6.53. The Kier molecular flexibility index (Phi) is 3.14. The molecule has 2 saturated heterocycles. The monoisotopic (exact) mass is 211 g/mol. The number of hydrogen-bond acceptors (Lipinski definition) is 2. The molecular weight excluding hydrogens is 190 g/mol. The molecular formula is C11H21N3O. The molecule has 0 aromatic carbocycles. The van der Waals surface area contributed by atoms with Gasteiger partial charge < -0.3 is 15.5 Å². The highest BCUT2D eigenvalue weighted by molar-refractivity contribution is 5.74.